The first-order valence-corrected chi connectivity index (χ1v) is 4.44. The molecule has 0 rings (SSSR count). The number of ether oxygens (including phenoxy) is 1. The van der Waals surface area contributed by atoms with Crippen LogP contribution in [0.5, 0.6) is 0 Å². The molecule has 0 spiro atoms. The van der Waals surface area contributed by atoms with Crippen LogP contribution in [0.15, 0.2) is 0 Å². The van der Waals surface area contributed by atoms with Crippen LogP contribution in [-0.2, 0) is 4.74 Å². The quantitative estimate of drug-likeness (QED) is 0.625. The standard InChI is InChI=1S/C10H21FO/c1-9(2,6-7-11)8-10(3,4)12-5/h6-8H2,1-5H3. The van der Waals surface area contributed by atoms with E-state index in [-0.39, 0.29) is 17.7 Å². The molecule has 0 aliphatic carbocycles. The fourth-order valence-electron chi connectivity index (χ4n) is 1.57. The zero-order valence-electron chi connectivity index (χ0n) is 8.91. The Balaban J connectivity index is 4.04. The van der Waals surface area contributed by atoms with Crippen LogP contribution in [0.3, 0.4) is 0 Å². The Morgan fingerprint density at radius 2 is 1.67 bits per heavy atom. The minimum absolute atomic E-state index is 0.0360. The Labute approximate surface area is 75.3 Å². The molecule has 0 aliphatic heterocycles. The number of halogens is 1. The van der Waals surface area contributed by atoms with Gasteiger partial charge < -0.3 is 4.74 Å². The molecule has 0 N–H and O–H groups in total. The first kappa shape index (κ1) is 11.9. The average Bonchev–Trinajstić information content (AvgIpc) is 1.85. The summed E-state index contributed by atoms with van der Waals surface area (Å²) < 4.78 is 17.4. The molecule has 0 unspecified atom stereocenters. The summed E-state index contributed by atoms with van der Waals surface area (Å²) in [5.41, 5.74) is -0.104. The van der Waals surface area contributed by atoms with Crippen LogP contribution in [0.2, 0.25) is 0 Å². The van der Waals surface area contributed by atoms with E-state index in [0.29, 0.717) is 6.42 Å². The van der Waals surface area contributed by atoms with Crippen molar-refractivity contribution < 1.29 is 9.13 Å². The molecule has 0 aliphatic rings. The lowest BCUT2D eigenvalue weighted by molar-refractivity contribution is -0.0156. The summed E-state index contributed by atoms with van der Waals surface area (Å²) in [6, 6.07) is 0. The molecule has 0 heterocycles. The number of alkyl halides is 1. The molecule has 2 heteroatoms. The van der Waals surface area contributed by atoms with Gasteiger partial charge in [-0.25, -0.2) is 0 Å². The molecule has 0 bridgehead atoms. The summed E-state index contributed by atoms with van der Waals surface area (Å²) in [7, 11) is 1.70. The molecular weight excluding hydrogens is 155 g/mol. The maximum Gasteiger partial charge on any atom is 0.0899 e. The van der Waals surface area contributed by atoms with Crippen LogP contribution in [-0.4, -0.2) is 19.4 Å². The van der Waals surface area contributed by atoms with Gasteiger partial charge >= 0.3 is 0 Å². The second-order valence-corrected chi connectivity index (χ2v) is 4.74. The molecular formula is C10H21FO. The molecule has 1 nitrogen and oxygen atoms in total. The van der Waals surface area contributed by atoms with E-state index in [4.69, 9.17) is 4.74 Å². The first-order valence-electron chi connectivity index (χ1n) is 4.44. The third-order valence-electron chi connectivity index (χ3n) is 2.23. The third kappa shape index (κ3) is 4.70. The van der Waals surface area contributed by atoms with Gasteiger partial charge in [-0.15, -0.1) is 0 Å². The Hall–Kier alpha value is -0.110. The summed E-state index contributed by atoms with van der Waals surface area (Å²) in [6.45, 7) is 7.98. The largest absolute Gasteiger partial charge is 0.379 e. The van der Waals surface area contributed by atoms with Crippen LogP contribution in [0.1, 0.15) is 40.5 Å². The van der Waals surface area contributed by atoms with Crippen molar-refractivity contribution in [2.24, 2.45) is 5.41 Å². The monoisotopic (exact) mass is 176 g/mol. The SMILES string of the molecule is COC(C)(C)CC(C)(C)CCF. The summed E-state index contributed by atoms with van der Waals surface area (Å²) in [4.78, 5) is 0. The van der Waals surface area contributed by atoms with Gasteiger partial charge in [0, 0.05) is 7.11 Å². The molecule has 0 aromatic carbocycles. The minimum Gasteiger partial charge on any atom is -0.379 e. The topological polar surface area (TPSA) is 9.23 Å². The molecule has 0 fully saturated rings. The van der Waals surface area contributed by atoms with E-state index in [1.165, 1.54) is 0 Å². The first-order chi connectivity index (χ1) is 5.33. The lowest BCUT2D eigenvalue weighted by Gasteiger charge is -2.33. The second kappa shape index (κ2) is 4.22. The number of hydrogen-bond donors (Lipinski definition) is 0. The highest BCUT2D eigenvalue weighted by Crippen LogP contribution is 2.32. The van der Waals surface area contributed by atoms with Crippen molar-refractivity contribution in [1.82, 2.24) is 0 Å². The van der Waals surface area contributed by atoms with E-state index in [0.717, 1.165) is 6.42 Å². The maximum atomic E-state index is 12.1. The molecule has 0 amide bonds. The van der Waals surface area contributed by atoms with Crippen LogP contribution < -0.4 is 0 Å². The smallest absolute Gasteiger partial charge is 0.0899 e. The van der Waals surface area contributed by atoms with Crippen molar-refractivity contribution in [3.05, 3.63) is 0 Å². The van der Waals surface area contributed by atoms with E-state index in [1.807, 2.05) is 13.8 Å². The van der Waals surface area contributed by atoms with Crippen LogP contribution in [0, 0.1) is 5.41 Å². The number of rotatable bonds is 5. The molecule has 0 saturated carbocycles. The molecule has 0 atom stereocenters. The Morgan fingerprint density at radius 3 is 2.00 bits per heavy atom. The molecule has 0 saturated heterocycles. The normalized spacial score (nSPS) is 13.5. The van der Waals surface area contributed by atoms with Gasteiger partial charge in [-0.2, -0.15) is 0 Å². The summed E-state index contributed by atoms with van der Waals surface area (Å²) in [5, 5.41) is 0. The molecule has 74 valence electrons. The van der Waals surface area contributed by atoms with Gasteiger partial charge in [0.1, 0.15) is 0 Å². The van der Waals surface area contributed by atoms with E-state index in [9.17, 15) is 4.39 Å². The van der Waals surface area contributed by atoms with E-state index >= 15 is 0 Å². The van der Waals surface area contributed by atoms with Gasteiger partial charge in [0.05, 0.1) is 12.3 Å². The summed E-state index contributed by atoms with van der Waals surface area (Å²) in [6.07, 6.45) is 1.50. The van der Waals surface area contributed by atoms with Crippen LogP contribution >= 0.6 is 0 Å². The average molecular weight is 176 g/mol. The Morgan fingerprint density at radius 1 is 1.17 bits per heavy atom. The van der Waals surface area contributed by atoms with E-state index < -0.39 is 0 Å². The van der Waals surface area contributed by atoms with Crippen molar-refractivity contribution in [2.75, 3.05) is 13.8 Å². The summed E-state index contributed by atoms with van der Waals surface area (Å²) in [5.74, 6) is 0. The third-order valence-corrected chi connectivity index (χ3v) is 2.23. The Bertz CT molecular complexity index is 130. The van der Waals surface area contributed by atoms with Crippen molar-refractivity contribution in [3.63, 3.8) is 0 Å². The van der Waals surface area contributed by atoms with Crippen molar-refractivity contribution >= 4 is 0 Å². The van der Waals surface area contributed by atoms with Gasteiger partial charge in [0.2, 0.25) is 0 Å². The van der Waals surface area contributed by atoms with Crippen LogP contribution in [0.4, 0.5) is 4.39 Å². The highest BCUT2D eigenvalue weighted by atomic mass is 19.1. The fraction of sp³-hybridized carbons (Fsp3) is 1.00. The van der Waals surface area contributed by atoms with E-state index in [2.05, 4.69) is 13.8 Å². The summed E-state index contributed by atoms with van der Waals surface area (Å²) >= 11 is 0. The van der Waals surface area contributed by atoms with Gasteiger partial charge in [-0.1, -0.05) is 13.8 Å². The highest BCUT2D eigenvalue weighted by Gasteiger charge is 2.28. The van der Waals surface area contributed by atoms with Gasteiger partial charge in [-0.05, 0) is 32.1 Å². The number of hydrogen-bond acceptors (Lipinski definition) is 1. The zero-order chi connectivity index (χ0) is 9.83. The molecule has 12 heavy (non-hydrogen) atoms. The van der Waals surface area contributed by atoms with Gasteiger partial charge in [0.15, 0.2) is 0 Å². The maximum absolute atomic E-state index is 12.1. The second-order valence-electron chi connectivity index (χ2n) is 4.74. The van der Waals surface area contributed by atoms with E-state index in [1.54, 1.807) is 7.11 Å². The predicted molar refractivity (Wildman–Crippen MR) is 50.1 cm³/mol. The highest BCUT2D eigenvalue weighted by molar-refractivity contribution is 4.79. The zero-order valence-corrected chi connectivity index (χ0v) is 8.91. The Kier molecular flexibility index (Phi) is 4.18. The lowest BCUT2D eigenvalue weighted by Crippen LogP contribution is -2.30. The molecule has 0 aromatic rings. The van der Waals surface area contributed by atoms with Crippen molar-refractivity contribution in [2.45, 2.75) is 46.1 Å². The van der Waals surface area contributed by atoms with Gasteiger partial charge in [0.25, 0.3) is 0 Å². The lowest BCUT2D eigenvalue weighted by atomic mass is 9.79. The van der Waals surface area contributed by atoms with Crippen molar-refractivity contribution in [1.29, 1.82) is 0 Å². The molecule has 0 aromatic heterocycles. The fourth-order valence-corrected chi connectivity index (χ4v) is 1.57. The van der Waals surface area contributed by atoms with Crippen LogP contribution in [0.25, 0.3) is 0 Å². The number of methoxy groups -OCH3 is 1. The minimum atomic E-state index is -0.243. The molecule has 0 radical (unpaired) electrons. The van der Waals surface area contributed by atoms with Gasteiger partial charge in [-0.3, -0.25) is 4.39 Å². The van der Waals surface area contributed by atoms with Crippen molar-refractivity contribution in [3.8, 4) is 0 Å². The predicted octanol–water partition coefficient (Wildman–Crippen LogP) is 3.19.